The minimum Gasteiger partial charge on any atom is -0.341 e. The maximum Gasteiger partial charge on any atom is 0.224 e. The first-order chi connectivity index (χ1) is 6.52. The molecule has 14 heavy (non-hydrogen) atoms. The molecule has 1 amide bonds. The lowest BCUT2D eigenvalue weighted by atomic mass is 10.1. The Morgan fingerprint density at radius 1 is 1.36 bits per heavy atom. The highest BCUT2D eigenvalue weighted by molar-refractivity contribution is 5.77. The summed E-state index contributed by atoms with van der Waals surface area (Å²) in [4.78, 5) is 13.6. The lowest BCUT2D eigenvalue weighted by Crippen LogP contribution is -2.39. The van der Waals surface area contributed by atoms with Gasteiger partial charge in [-0.3, -0.25) is 4.79 Å². The van der Waals surface area contributed by atoms with Crippen molar-refractivity contribution in [1.82, 2.24) is 4.90 Å². The molecule has 3 nitrogen and oxygen atoms in total. The average Bonchev–Trinajstić information content (AvgIpc) is 2.04. The Morgan fingerprint density at radius 3 is 2.29 bits per heavy atom. The van der Waals surface area contributed by atoms with Crippen molar-refractivity contribution in [2.75, 3.05) is 6.54 Å². The van der Waals surface area contributed by atoms with E-state index >= 15 is 0 Å². The number of nitrogens with zero attached hydrogens (tertiary/aromatic N) is 1. The molecule has 1 atom stereocenters. The summed E-state index contributed by atoms with van der Waals surface area (Å²) in [6.07, 6.45) is 2.46. The number of hydrogen-bond donors (Lipinski definition) is 1. The molecule has 0 aromatic rings. The first kappa shape index (κ1) is 13.4. The van der Waals surface area contributed by atoms with E-state index < -0.39 is 0 Å². The van der Waals surface area contributed by atoms with Gasteiger partial charge in [0, 0.05) is 25.0 Å². The molecule has 0 aromatic carbocycles. The van der Waals surface area contributed by atoms with Gasteiger partial charge in [0.2, 0.25) is 5.91 Å². The Bertz CT molecular complexity index is 169. The van der Waals surface area contributed by atoms with Crippen LogP contribution in [0.3, 0.4) is 0 Å². The zero-order chi connectivity index (χ0) is 11.1. The summed E-state index contributed by atoms with van der Waals surface area (Å²) in [6.45, 7) is 8.93. The van der Waals surface area contributed by atoms with Gasteiger partial charge in [0.1, 0.15) is 0 Å². The first-order valence-corrected chi connectivity index (χ1v) is 5.57. The second-order valence-electron chi connectivity index (χ2n) is 4.03. The summed E-state index contributed by atoms with van der Waals surface area (Å²) >= 11 is 0. The molecule has 84 valence electrons. The van der Waals surface area contributed by atoms with Crippen LogP contribution in [0.25, 0.3) is 0 Å². The highest BCUT2D eigenvalue weighted by Crippen LogP contribution is 2.05. The first-order valence-electron chi connectivity index (χ1n) is 5.57. The third-order valence-corrected chi connectivity index (χ3v) is 2.38. The van der Waals surface area contributed by atoms with E-state index in [0.29, 0.717) is 6.42 Å². The Kier molecular flexibility index (Phi) is 6.54. The lowest BCUT2D eigenvalue weighted by molar-refractivity contribution is -0.133. The number of hydrogen-bond acceptors (Lipinski definition) is 2. The van der Waals surface area contributed by atoms with Crippen molar-refractivity contribution in [2.45, 2.75) is 59.0 Å². The van der Waals surface area contributed by atoms with Crippen molar-refractivity contribution < 1.29 is 4.79 Å². The molecule has 0 spiro atoms. The average molecular weight is 200 g/mol. The minimum absolute atomic E-state index is 0.0281. The summed E-state index contributed by atoms with van der Waals surface area (Å²) < 4.78 is 0. The Labute approximate surface area is 87.6 Å². The van der Waals surface area contributed by atoms with Gasteiger partial charge in [0.25, 0.3) is 0 Å². The fourth-order valence-electron chi connectivity index (χ4n) is 1.64. The summed E-state index contributed by atoms with van der Waals surface area (Å²) in [5.74, 6) is 0.184. The topological polar surface area (TPSA) is 46.3 Å². The van der Waals surface area contributed by atoms with Gasteiger partial charge in [-0.25, -0.2) is 0 Å². The Hall–Kier alpha value is -0.570. The van der Waals surface area contributed by atoms with Crippen molar-refractivity contribution >= 4 is 5.91 Å². The van der Waals surface area contributed by atoms with Crippen LogP contribution in [0.1, 0.15) is 47.0 Å². The zero-order valence-electron chi connectivity index (χ0n) is 9.92. The molecular weight excluding hydrogens is 176 g/mol. The van der Waals surface area contributed by atoms with Gasteiger partial charge in [-0.1, -0.05) is 13.3 Å². The van der Waals surface area contributed by atoms with Crippen LogP contribution in [-0.4, -0.2) is 29.4 Å². The fraction of sp³-hybridized carbons (Fsp3) is 0.909. The van der Waals surface area contributed by atoms with Crippen LogP contribution >= 0.6 is 0 Å². The molecule has 2 N–H and O–H groups in total. The molecule has 0 aliphatic rings. The summed E-state index contributed by atoms with van der Waals surface area (Å²) in [7, 11) is 0. The number of carbonyl (C=O) groups is 1. The summed E-state index contributed by atoms with van der Waals surface area (Å²) in [6, 6.07) is 0.307. The third-order valence-electron chi connectivity index (χ3n) is 2.38. The van der Waals surface area contributed by atoms with Crippen LogP contribution in [0.5, 0.6) is 0 Å². The van der Waals surface area contributed by atoms with Gasteiger partial charge in [-0.05, 0) is 27.2 Å². The van der Waals surface area contributed by atoms with Gasteiger partial charge in [0.15, 0.2) is 0 Å². The van der Waals surface area contributed by atoms with Gasteiger partial charge < -0.3 is 10.6 Å². The molecule has 1 unspecified atom stereocenters. The number of amides is 1. The van der Waals surface area contributed by atoms with E-state index in [9.17, 15) is 4.79 Å². The quantitative estimate of drug-likeness (QED) is 0.710. The van der Waals surface area contributed by atoms with E-state index in [1.54, 1.807) is 0 Å². The van der Waals surface area contributed by atoms with Gasteiger partial charge >= 0.3 is 0 Å². The molecule has 0 radical (unpaired) electrons. The second kappa shape index (κ2) is 6.82. The molecule has 3 heteroatoms. The summed E-state index contributed by atoms with van der Waals surface area (Å²) in [5.41, 5.74) is 5.83. The molecule has 0 rings (SSSR count). The highest BCUT2D eigenvalue weighted by Gasteiger charge is 2.17. The maximum absolute atomic E-state index is 11.7. The predicted molar refractivity (Wildman–Crippen MR) is 60.0 cm³/mol. The lowest BCUT2D eigenvalue weighted by Gasteiger charge is -2.26. The predicted octanol–water partition coefficient (Wildman–Crippen LogP) is 1.76. The van der Waals surface area contributed by atoms with Crippen LogP contribution in [0.4, 0.5) is 0 Å². The van der Waals surface area contributed by atoms with Crippen LogP contribution in [0, 0.1) is 0 Å². The van der Waals surface area contributed by atoms with Crippen molar-refractivity contribution in [2.24, 2.45) is 5.73 Å². The molecule has 0 saturated carbocycles. The van der Waals surface area contributed by atoms with E-state index in [2.05, 4.69) is 6.92 Å². The number of carbonyl (C=O) groups excluding carboxylic acids is 1. The van der Waals surface area contributed by atoms with Crippen molar-refractivity contribution in [3.8, 4) is 0 Å². The summed E-state index contributed by atoms with van der Waals surface area (Å²) in [5, 5.41) is 0. The number of rotatable bonds is 6. The monoisotopic (exact) mass is 200 g/mol. The molecule has 0 aliphatic carbocycles. The standard InChI is InChI=1S/C11H24N2O/c1-5-7-10(12)8-11(14)13(6-2)9(3)4/h9-10H,5-8,12H2,1-4H3. The van der Waals surface area contributed by atoms with E-state index in [-0.39, 0.29) is 18.0 Å². The van der Waals surface area contributed by atoms with Crippen LogP contribution in [-0.2, 0) is 4.79 Å². The largest absolute Gasteiger partial charge is 0.341 e. The SMILES string of the molecule is CCCC(N)CC(=O)N(CC)C(C)C. The van der Waals surface area contributed by atoms with Gasteiger partial charge in [0.05, 0.1) is 0 Å². The van der Waals surface area contributed by atoms with E-state index in [4.69, 9.17) is 5.73 Å². The van der Waals surface area contributed by atoms with Gasteiger partial charge in [-0.2, -0.15) is 0 Å². The van der Waals surface area contributed by atoms with Crippen LogP contribution in [0.15, 0.2) is 0 Å². The van der Waals surface area contributed by atoms with E-state index in [1.807, 2.05) is 25.7 Å². The van der Waals surface area contributed by atoms with E-state index in [0.717, 1.165) is 19.4 Å². The molecule has 0 heterocycles. The zero-order valence-corrected chi connectivity index (χ0v) is 9.92. The second-order valence-corrected chi connectivity index (χ2v) is 4.03. The Balaban J connectivity index is 4.04. The van der Waals surface area contributed by atoms with Gasteiger partial charge in [-0.15, -0.1) is 0 Å². The van der Waals surface area contributed by atoms with Crippen molar-refractivity contribution in [3.63, 3.8) is 0 Å². The maximum atomic E-state index is 11.7. The molecule has 0 aliphatic heterocycles. The van der Waals surface area contributed by atoms with E-state index in [1.165, 1.54) is 0 Å². The third kappa shape index (κ3) is 4.61. The molecule has 0 bridgehead atoms. The van der Waals surface area contributed by atoms with Crippen LogP contribution in [0.2, 0.25) is 0 Å². The molecule has 0 fully saturated rings. The normalized spacial score (nSPS) is 13.0. The molecule has 0 aromatic heterocycles. The highest BCUT2D eigenvalue weighted by atomic mass is 16.2. The fourth-order valence-corrected chi connectivity index (χ4v) is 1.64. The Morgan fingerprint density at radius 2 is 1.93 bits per heavy atom. The number of nitrogens with two attached hydrogens (primary N) is 1. The van der Waals surface area contributed by atoms with Crippen molar-refractivity contribution in [1.29, 1.82) is 0 Å². The smallest absolute Gasteiger partial charge is 0.224 e. The molecule has 0 saturated heterocycles. The van der Waals surface area contributed by atoms with Crippen LogP contribution < -0.4 is 5.73 Å². The molecular formula is C11H24N2O. The van der Waals surface area contributed by atoms with Crippen molar-refractivity contribution in [3.05, 3.63) is 0 Å². The minimum atomic E-state index is 0.0281.